The molecule has 1 atom stereocenters. The van der Waals surface area contributed by atoms with Crippen molar-refractivity contribution in [1.29, 1.82) is 0 Å². The molecule has 5 heteroatoms. The van der Waals surface area contributed by atoms with E-state index in [0.717, 1.165) is 31.5 Å². The third-order valence-electron chi connectivity index (χ3n) is 3.89. The zero-order valence-corrected chi connectivity index (χ0v) is 15.3. The van der Waals surface area contributed by atoms with Crippen LogP contribution in [0.3, 0.4) is 0 Å². The summed E-state index contributed by atoms with van der Waals surface area (Å²) in [7, 11) is 2.03. The number of aromatic nitrogens is 1. The van der Waals surface area contributed by atoms with Crippen molar-refractivity contribution in [2.45, 2.75) is 33.7 Å². The Balaban J connectivity index is 0.00000200. The summed E-state index contributed by atoms with van der Waals surface area (Å²) in [5, 5.41) is 6.75. The van der Waals surface area contributed by atoms with Crippen molar-refractivity contribution in [3.63, 3.8) is 0 Å². The molecule has 0 spiro atoms. The molecule has 2 rings (SSSR count). The van der Waals surface area contributed by atoms with Gasteiger partial charge in [-0.2, -0.15) is 0 Å². The largest absolute Gasteiger partial charge is 0.357 e. The van der Waals surface area contributed by atoms with Crippen LogP contribution in [-0.2, 0) is 13.6 Å². The molecule has 0 aliphatic heterocycles. The molecule has 1 fully saturated rings. The van der Waals surface area contributed by atoms with Gasteiger partial charge in [0.15, 0.2) is 5.96 Å². The average Bonchev–Trinajstić information content (AvgIpc) is 2.76. The van der Waals surface area contributed by atoms with Crippen molar-refractivity contribution in [2.24, 2.45) is 23.4 Å². The first kappa shape index (κ1) is 17.3. The monoisotopic (exact) mass is 390 g/mol. The van der Waals surface area contributed by atoms with Crippen LogP contribution in [0.2, 0.25) is 0 Å². The molecule has 1 aromatic heterocycles. The quantitative estimate of drug-likeness (QED) is 0.461. The van der Waals surface area contributed by atoms with E-state index in [9.17, 15) is 0 Å². The van der Waals surface area contributed by atoms with E-state index in [-0.39, 0.29) is 24.0 Å². The van der Waals surface area contributed by atoms with E-state index >= 15 is 0 Å². The van der Waals surface area contributed by atoms with Crippen molar-refractivity contribution >= 4 is 29.9 Å². The van der Waals surface area contributed by atoms with Gasteiger partial charge in [-0.15, -0.1) is 24.0 Å². The second-order valence-corrected chi connectivity index (χ2v) is 6.15. The molecule has 4 nitrogen and oxygen atoms in total. The van der Waals surface area contributed by atoms with Gasteiger partial charge in [-0.25, -0.2) is 4.99 Å². The molecule has 0 saturated heterocycles. The first-order valence-electron chi connectivity index (χ1n) is 7.14. The van der Waals surface area contributed by atoms with E-state index in [1.165, 1.54) is 12.0 Å². The fourth-order valence-electron chi connectivity index (χ4n) is 2.31. The van der Waals surface area contributed by atoms with Crippen molar-refractivity contribution in [2.75, 3.05) is 13.1 Å². The van der Waals surface area contributed by atoms with Crippen LogP contribution in [0, 0.1) is 11.3 Å². The van der Waals surface area contributed by atoms with Crippen LogP contribution >= 0.6 is 24.0 Å². The molecule has 0 amide bonds. The molecule has 0 aromatic carbocycles. The highest BCUT2D eigenvalue weighted by molar-refractivity contribution is 14.0. The molecule has 1 heterocycles. The Morgan fingerprint density at radius 2 is 2.15 bits per heavy atom. The minimum Gasteiger partial charge on any atom is -0.357 e. The molecule has 1 aliphatic carbocycles. The van der Waals surface area contributed by atoms with Gasteiger partial charge in [0, 0.05) is 32.5 Å². The van der Waals surface area contributed by atoms with Gasteiger partial charge in [0.1, 0.15) is 0 Å². The van der Waals surface area contributed by atoms with Crippen LogP contribution in [0.15, 0.2) is 23.5 Å². The number of nitrogens with zero attached hydrogens (tertiary/aromatic N) is 2. The molecular formula is C15H27IN4. The minimum atomic E-state index is 0. The van der Waals surface area contributed by atoms with Crippen molar-refractivity contribution in [3.8, 4) is 0 Å². The molecule has 1 aromatic rings. The molecule has 1 unspecified atom stereocenters. The van der Waals surface area contributed by atoms with Crippen LogP contribution in [0.1, 0.15) is 32.8 Å². The van der Waals surface area contributed by atoms with Crippen molar-refractivity contribution < 1.29 is 0 Å². The van der Waals surface area contributed by atoms with Crippen LogP contribution in [-0.4, -0.2) is 23.6 Å². The molecule has 0 bridgehead atoms. The third kappa shape index (κ3) is 5.00. The van der Waals surface area contributed by atoms with Gasteiger partial charge in [-0.05, 0) is 36.3 Å². The van der Waals surface area contributed by atoms with E-state index in [1.54, 1.807) is 0 Å². The van der Waals surface area contributed by atoms with Crippen LogP contribution in [0.5, 0.6) is 0 Å². The zero-order valence-electron chi connectivity index (χ0n) is 12.9. The van der Waals surface area contributed by atoms with Gasteiger partial charge in [-0.3, -0.25) is 0 Å². The maximum Gasteiger partial charge on any atom is 0.191 e. The first-order valence-corrected chi connectivity index (χ1v) is 7.14. The Bertz CT molecular complexity index is 450. The molecule has 1 aliphatic rings. The number of nitrogens with one attached hydrogen (secondary N) is 2. The Morgan fingerprint density at radius 3 is 2.65 bits per heavy atom. The van der Waals surface area contributed by atoms with Gasteiger partial charge < -0.3 is 15.2 Å². The van der Waals surface area contributed by atoms with E-state index in [0.29, 0.717) is 5.41 Å². The lowest BCUT2D eigenvalue weighted by atomic mass is 10.1. The number of hydrogen-bond acceptors (Lipinski definition) is 1. The third-order valence-corrected chi connectivity index (χ3v) is 3.89. The fourth-order valence-corrected chi connectivity index (χ4v) is 2.31. The van der Waals surface area contributed by atoms with Crippen LogP contribution in [0.4, 0.5) is 0 Å². The van der Waals surface area contributed by atoms with Gasteiger partial charge in [0.05, 0.1) is 6.54 Å². The SMILES string of the molecule is CCNC(=NCc1ccn(C)c1)NCC1CC1(C)C.I. The molecule has 1 saturated carbocycles. The summed E-state index contributed by atoms with van der Waals surface area (Å²) in [6, 6.07) is 2.11. The summed E-state index contributed by atoms with van der Waals surface area (Å²) in [6.07, 6.45) is 5.48. The zero-order chi connectivity index (χ0) is 13.9. The summed E-state index contributed by atoms with van der Waals surface area (Å²) in [5.74, 6) is 1.71. The second-order valence-electron chi connectivity index (χ2n) is 6.15. The van der Waals surface area contributed by atoms with Crippen LogP contribution in [0.25, 0.3) is 0 Å². The number of rotatable bonds is 5. The normalized spacial score (nSPS) is 20.2. The first-order chi connectivity index (χ1) is 9.01. The number of halogens is 1. The molecule has 20 heavy (non-hydrogen) atoms. The second kappa shape index (κ2) is 7.33. The van der Waals surface area contributed by atoms with E-state index < -0.39 is 0 Å². The number of guanidine groups is 1. The Labute approximate surface area is 139 Å². The van der Waals surface area contributed by atoms with Crippen molar-refractivity contribution in [3.05, 3.63) is 24.0 Å². The summed E-state index contributed by atoms with van der Waals surface area (Å²) < 4.78 is 2.05. The van der Waals surface area contributed by atoms with Gasteiger partial charge in [0.25, 0.3) is 0 Å². The summed E-state index contributed by atoms with van der Waals surface area (Å²) in [4.78, 5) is 4.63. The van der Waals surface area contributed by atoms with E-state index in [1.807, 2.05) is 7.05 Å². The minimum absolute atomic E-state index is 0. The maximum atomic E-state index is 4.63. The lowest BCUT2D eigenvalue weighted by Gasteiger charge is -2.11. The van der Waals surface area contributed by atoms with Gasteiger partial charge in [0.2, 0.25) is 0 Å². The standard InChI is InChI=1S/C15H26N4.HI/c1-5-16-14(18-10-13-8-15(13,2)3)17-9-12-6-7-19(4)11-12;/h6-7,11,13H,5,8-10H2,1-4H3,(H2,16,17,18);1H. The Hall–Kier alpha value is -0.720. The molecule has 114 valence electrons. The van der Waals surface area contributed by atoms with E-state index in [2.05, 4.69) is 59.4 Å². The molecular weight excluding hydrogens is 363 g/mol. The highest BCUT2D eigenvalue weighted by Crippen LogP contribution is 2.50. The highest BCUT2D eigenvalue weighted by Gasteiger charge is 2.45. The molecule has 0 radical (unpaired) electrons. The van der Waals surface area contributed by atoms with Crippen molar-refractivity contribution in [1.82, 2.24) is 15.2 Å². The Morgan fingerprint density at radius 1 is 1.45 bits per heavy atom. The van der Waals surface area contributed by atoms with E-state index in [4.69, 9.17) is 0 Å². The smallest absolute Gasteiger partial charge is 0.191 e. The summed E-state index contributed by atoms with van der Waals surface area (Å²) >= 11 is 0. The lowest BCUT2D eigenvalue weighted by molar-refractivity contribution is 0.548. The summed E-state index contributed by atoms with van der Waals surface area (Å²) in [5.41, 5.74) is 1.76. The maximum absolute atomic E-state index is 4.63. The van der Waals surface area contributed by atoms with Gasteiger partial charge in [-0.1, -0.05) is 13.8 Å². The topological polar surface area (TPSA) is 41.4 Å². The Kier molecular flexibility index (Phi) is 6.36. The number of aliphatic imine (C=N–C) groups is 1. The molecule has 2 N–H and O–H groups in total. The lowest BCUT2D eigenvalue weighted by Crippen LogP contribution is -2.38. The highest BCUT2D eigenvalue weighted by atomic mass is 127. The predicted octanol–water partition coefficient (Wildman–Crippen LogP) is 2.74. The predicted molar refractivity (Wildman–Crippen MR) is 95.5 cm³/mol. The summed E-state index contributed by atoms with van der Waals surface area (Å²) in [6.45, 7) is 9.40. The fraction of sp³-hybridized carbons (Fsp3) is 0.667. The number of aryl methyl sites for hydroxylation is 1. The van der Waals surface area contributed by atoms with Crippen LogP contribution < -0.4 is 10.6 Å². The number of hydrogen-bond donors (Lipinski definition) is 2. The average molecular weight is 390 g/mol. The van der Waals surface area contributed by atoms with Gasteiger partial charge >= 0.3 is 0 Å².